The number of anilines is 1. The molecule has 0 unspecified atom stereocenters. The highest BCUT2D eigenvalue weighted by Crippen LogP contribution is 2.19. The average Bonchev–Trinajstić information content (AvgIpc) is 2.28. The number of hydrogen-bond donors (Lipinski definition) is 2. The zero-order valence-corrected chi connectivity index (χ0v) is 8.87. The van der Waals surface area contributed by atoms with Crippen LogP contribution >= 0.6 is 0 Å². The van der Waals surface area contributed by atoms with E-state index >= 15 is 0 Å². The Labute approximate surface area is 93.2 Å². The first kappa shape index (κ1) is 10.9. The quantitative estimate of drug-likeness (QED) is 0.754. The summed E-state index contributed by atoms with van der Waals surface area (Å²) in [6, 6.07) is 4.66. The van der Waals surface area contributed by atoms with Crippen molar-refractivity contribution in [3.05, 3.63) is 29.6 Å². The molecule has 1 fully saturated rings. The lowest BCUT2D eigenvalue weighted by Gasteiger charge is -2.28. The van der Waals surface area contributed by atoms with Gasteiger partial charge in [-0.05, 0) is 23.8 Å². The average molecular weight is 223 g/mol. The fourth-order valence-electron chi connectivity index (χ4n) is 1.79. The van der Waals surface area contributed by atoms with E-state index in [1.165, 1.54) is 12.1 Å². The van der Waals surface area contributed by atoms with Crippen LogP contribution in [-0.4, -0.2) is 25.5 Å². The number of piperazine rings is 1. The fraction of sp³-hybridized carbons (Fsp3) is 0.364. The molecule has 1 saturated heterocycles. The predicted molar refractivity (Wildman–Crippen MR) is 59.5 cm³/mol. The molecular weight excluding hydrogens is 209 g/mol. The SMILES string of the molecule is NCc1cc(F)cc(N2CCNC(=O)C2)c1. The lowest BCUT2D eigenvalue weighted by Crippen LogP contribution is -2.47. The number of carbonyl (C=O) groups excluding carboxylic acids is 1. The van der Waals surface area contributed by atoms with Crippen molar-refractivity contribution in [1.29, 1.82) is 0 Å². The van der Waals surface area contributed by atoms with Crippen molar-refractivity contribution in [3.8, 4) is 0 Å². The van der Waals surface area contributed by atoms with Gasteiger partial charge in [-0.3, -0.25) is 4.79 Å². The first-order valence-electron chi connectivity index (χ1n) is 5.20. The standard InChI is InChI=1S/C11H14FN3O/c12-9-3-8(6-13)4-10(5-9)15-2-1-14-11(16)7-15/h3-5H,1-2,6-7,13H2,(H,14,16). The molecular formula is C11H14FN3O. The summed E-state index contributed by atoms with van der Waals surface area (Å²) in [5, 5.41) is 2.73. The normalized spacial score (nSPS) is 16.1. The van der Waals surface area contributed by atoms with Crippen LogP contribution in [0.3, 0.4) is 0 Å². The van der Waals surface area contributed by atoms with Crippen LogP contribution in [0.5, 0.6) is 0 Å². The minimum absolute atomic E-state index is 0.0372. The summed E-state index contributed by atoms with van der Waals surface area (Å²) < 4.78 is 13.3. The van der Waals surface area contributed by atoms with Crippen LogP contribution < -0.4 is 16.0 Å². The topological polar surface area (TPSA) is 58.4 Å². The zero-order valence-electron chi connectivity index (χ0n) is 8.87. The fourth-order valence-corrected chi connectivity index (χ4v) is 1.79. The number of amides is 1. The van der Waals surface area contributed by atoms with Gasteiger partial charge in [0.05, 0.1) is 6.54 Å². The summed E-state index contributed by atoms with van der Waals surface area (Å²) in [5.74, 6) is -0.353. The van der Waals surface area contributed by atoms with E-state index in [0.29, 0.717) is 19.6 Å². The van der Waals surface area contributed by atoms with Crippen LogP contribution in [0.1, 0.15) is 5.56 Å². The van der Waals surface area contributed by atoms with Crippen LogP contribution in [-0.2, 0) is 11.3 Å². The molecule has 16 heavy (non-hydrogen) atoms. The number of benzene rings is 1. The number of carbonyl (C=O) groups is 1. The van der Waals surface area contributed by atoms with Crippen LogP contribution in [0, 0.1) is 5.82 Å². The number of nitrogens with one attached hydrogen (secondary N) is 1. The van der Waals surface area contributed by atoms with Crippen molar-refractivity contribution in [1.82, 2.24) is 5.32 Å². The van der Waals surface area contributed by atoms with Crippen LogP contribution in [0.25, 0.3) is 0 Å². The lowest BCUT2D eigenvalue weighted by molar-refractivity contribution is -0.120. The highest BCUT2D eigenvalue weighted by atomic mass is 19.1. The van der Waals surface area contributed by atoms with E-state index in [0.717, 1.165) is 11.3 Å². The number of hydrogen-bond acceptors (Lipinski definition) is 3. The van der Waals surface area contributed by atoms with Crippen LogP contribution in [0.2, 0.25) is 0 Å². The summed E-state index contributed by atoms with van der Waals surface area (Å²) in [5.41, 5.74) is 6.93. The van der Waals surface area contributed by atoms with E-state index < -0.39 is 0 Å². The van der Waals surface area contributed by atoms with E-state index in [1.54, 1.807) is 0 Å². The van der Waals surface area contributed by atoms with Gasteiger partial charge in [-0.1, -0.05) is 0 Å². The largest absolute Gasteiger partial charge is 0.360 e. The maximum atomic E-state index is 13.3. The molecule has 1 heterocycles. The third-order valence-electron chi connectivity index (χ3n) is 2.58. The van der Waals surface area contributed by atoms with Crippen molar-refractivity contribution in [2.24, 2.45) is 5.73 Å². The maximum Gasteiger partial charge on any atom is 0.239 e. The van der Waals surface area contributed by atoms with E-state index in [9.17, 15) is 9.18 Å². The minimum Gasteiger partial charge on any atom is -0.360 e. The molecule has 1 aliphatic rings. The van der Waals surface area contributed by atoms with Gasteiger partial charge in [0.15, 0.2) is 0 Å². The molecule has 0 atom stereocenters. The molecule has 0 bridgehead atoms. The van der Waals surface area contributed by atoms with Gasteiger partial charge < -0.3 is 16.0 Å². The van der Waals surface area contributed by atoms with Gasteiger partial charge in [-0.2, -0.15) is 0 Å². The molecule has 2 rings (SSSR count). The Morgan fingerprint density at radius 1 is 1.44 bits per heavy atom. The highest BCUT2D eigenvalue weighted by molar-refractivity contribution is 5.82. The van der Waals surface area contributed by atoms with Crippen LogP contribution in [0.4, 0.5) is 10.1 Å². The first-order valence-corrected chi connectivity index (χ1v) is 5.20. The molecule has 86 valence electrons. The van der Waals surface area contributed by atoms with Gasteiger partial charge in [0.1, 0.15) is 5.82 Å². The van der Waals surface area contributed by atoms with Gasteiger partial charge >= 0.3 is 0 Å². The van der Waals surface area contributed by atoms with E-state index in [2.05, 4.69) is 5.32 Å². The van der Waals surface area contributed by atoms with E-state index in [1.807, 2.05) is 11.0 Å². The monoisotopic (exact) mass is 223 g/mol. The molecule has 5 heteroatoms. The summed E-state index contributed by atoms with van der Waals surface area (Å²) in [6.45, 7) is 1.85. The molecule has 0 spiro atoms. The van der Waals surface area contributed by atoms with Crippen molar-refractivity contribution >= 4 is 11.6 Å². The molecule has 0 saturated carbocycles. The molecule has 0 aromatic heterocycles. The summed E-state index contributed by atoms with van der Waals surface area (Å²) in [4.78, 5) is 13.1. The Morgan fingerprint density at radius 2 is 2.25 bits per heavy atom. The second-order valence-corrected chi connectivity index (χ2v) is 3.79. The smallest absolute Gasteiger partial charge is 0.239 e. The Bertz CT molecular complexity index is 408. The molecule has 1 aromatic rings. The summed E-state index contributed by atoms with van der Waals surface area (Å²) >= 11 is 0. The highest BCUT2D eigenvalue weighted by Gasteiger charge is 2.17. The molecule has 1 amide bonds. The Balaban J connectivity index is 2.24. The van der Waals surface area contributed by atoms with Gasteiger partial charge in [0.2, 0.25) is 5.91 Å². The Hall–Kier alpha value is -1.62. The Morgan fingerprint density at radius 3 is 2.94 bits per heavy atom. The van der Waals surface area contributed by atoms with Gasteiger partial charge in [-0.25, -0.2) is 4.39 Å². The molecule has 3 N–H and O–H groups in total. The second kappa shape index (κ2) is 4.49. The zero-order chi connectivity index (χ0) is 11.5. The van der Waals surface area contributed by atoms with Gasteiger partial charge in [0, 0.05) is 25.3 Å². The number of halogens is 1. The Kier molecular flexibility index (Phi) is 3.05. The van der Waals surface area contributed by atoms with Crippen molar-refractivity contribution in [3.63, 3.8) is 0 Å². The molecule has 1 aliphatic heterocycles. The third kappa shape index (κ3) is 2.30. The molecule has 0 radical (unpaired) electrons. The molecule has 4 nitrogen and oxygen atoms in total. The van der Waals surface area contributed by atoms with Crippen molar-refractivity contribution in [2.45, 2.75) is 6.54 Å². The summed E-state index contributed by atoms with van der Waals surface area (Å²) in [7, 11) is 0. The van der Waals surface area contributed by atoms with E-state index in [4.69, 9.17) is 5.73 Å². The third-order valence-corrected chi connectivity index (χ3v) is 2.58. The van der Waals surface area contributed by atoms with Gasteiger partial charge in [0.25, 0.3) is 0 Å². The first-order chi connectivity index (χ1) is 7.69. The summed E-state index contributed by atoms with van der Waals surface area (Å²) in [6.07, 6.45) is 0. The molecule has 0 aliphatic carbocycles. The lowest BCUT2D eigenvalue weighted by atomic mass is 10.1. The van der Waals surface area contributed by atoms with Crippen molar-refractivity contribution < 1.29 is 9.18 Å². The second-order valence-electron chi connectivity index (χ2n) is 3.79. The van der Waals surface area contributed by atoms with E-state index in [-0.39, 0.29) is 18.3 Å². The van der Waals surface area contributed by atoms with Crippen LogP contribution in [0.15, 0.2) is 18.2 Å². The number of nitrogens with zero attached hydrogens (tertiary/aromatic N) is 1. The number of rotatable bonds is 2. The van der Waals surface area contributed by atoms with Crippen molar-refractivity contribution in [2.75, 3.05) is 24.5 Å². The van der Waals surface area contributed by atoms with Gasteiger partial charge in [-0.15, -0.1) is 0 Å². The number of nitrogens with two attached hydrogens (primary N) is 1. The minimum atomic E-state index is -0.316. The molecule has 1 aromatic carbocycles. The predicted octanol–water partition coefficient (Wildman–Crippen LogP) is 0.221. The maximum absolute atomic E-state index is 13.3.